The van der Waals surface area contributed by atoms with Gasteiger partial charge in [-0.05, 0) is 62.1 Å². The minimum atomic E-state index is -0.146. The zero-order chi connectivity index (χ0) is 25.2. The van der Waals surface area contributed by atoms with E-state index in [4.69, 9.17) is 0 Å². The number of amides is 2. The third-order valence-corrected chi connectivity index (χ3v) is 6.60. The first kappa shape index (κ1) is 26.2. The van der Waals surface area contributed by atoms with Gasteiger partial charge in [-0.1, -0.05) is 44.5 Å². The Morgan fingerprint density at radius 1 is 1.06 bits per heavy atom. The summed E-state index contributed by atoms with van der Waals surface area (Å²) in [5, 5.41) is 0. The molecule has 2 heterocycles. The summed E-state index contributed by atoms with van der Waals surface area (Å²) in [7, 11) is 0. The number of hydrogen-bond acceptors (Lipinski definition) is 3. The number of rotatable bonds is 12. The lowest BCUT2D eigenvalue weighted by Gasteiger charge is -2.32. The molecule has 186 valence electrons. The predicted octanol–water partition coefficient (Wildman–Crippen LogP) is 5.31. The molecule has 0 spiro atoms. The van der Waals surface area contributed by atoms with E-state index < -0.39 is 0 Å². The Labute approximate surface area is 209 Å². The van der Waals surface area contributed by atoms with Crippen molar-refractivity contribution in [2.24, 2.45) is 0 Å². The van der Waals surface area contributed by atoms with E-state index in [0.717, 1.165) is 31.5 Å². The minimum absolute atomic E-state index is 0.0312. The maximum Gasteiger partial charge on any atom is 0.255 e. The number of hydrogen-bond donors (Lipinski definition) is 0. The highest BCUT2D eigenvalue weighted by atomic mass is 16.2. The molecule has 0 aliphatic carbocycles. The fourth-order valence-corrected chi connectivity index (χ4v) is 4.13. The predicted molar refractivity (Wildman–Crippen MR) is 140 cm³/mol. The lowest BCUT2D eigenvalue weighted by atomic mass is 10.1. The molecule has 6 heteroatoms. The molecule has 2 amide bonds. The quantitative estimate of drug-likeness (QED) is 0.357. The number of carbonyl (C=O) groups excluding carboxylic acids is 2. The van der Waals surface area contributed by atoms with E-state index >= 15 is 0 Å². The summed E-state index contributed by atoms with van der Waals surface area (Å²) in [6, 6.07) is 16.1. The normalized spacial score (nSPS) is 11.8. The van der Waals surface area contributed by atoms with Crippen molar-refractivity contribution in [3.05, 3.63) is 89.5 Å². The Balaban J connectivity index is 1.79. The van der Waals surface area contributed by atoms with Crippen molar-refractivity contribution in [1.82, 2.24) is 19.4 Å². The lowest BCUT2D eigenvalue weighted by molar-refractivity contribution is -0.134. The molecule has 0 fully saturated rings. The zero-order valence-corrected chi connectivity index (χ0v) is 21.5. The third kappa shape index (κ3) is 7.04. The molecule has 3 aromatic rings. The molecular formula is C29H38N4O2. The van der Waals surface area contributed by atoms with E-state index in [1.54, 1.807) is 29.4 Å². The smallest absolute Gasteiger partial charge is 0.255 e. The lowest BCUT2D eigenvalue weighted by Crippen LogP contribution is -2.46. The van der Waals surface area contributed by atoms with Crippen molar-refractivity contribution in [2.45, 2.75) is 66.1 Å². The maximum atomic E-state index is 13.6. The van der Waals surface area contributed by atoms with Crippen LogP contribution < -0.4 is 0 Å². The number of benzene rings is 1. The molecular weight excluding hydrogens is 436 g/mol. The number of carbonyl (C=O) groups is 2. The topological polar surface area (TPSA) is 58.4 Å². The van der Waals surface area contributed by atoms with Gasteiger partial charge >= 0.3 is 0 Å². The van der Waals surface area contributed by atoms with Gasteiger partial charge in [0.1, 0.15) is 6.54 Å². The van der Waals surface area contributed by atoms with E-state index in [1.165, 1.54) is 11.1 Å². The first-order valence-corrected chi connectivity index (χ1v) is 12.6. The molecule has 35 heavy (non-hydrogen) atoms. The summed E-state index contributed by atoms with van der Waals surface area (Å²) in [6.45, 7) is 10.3. The number of nitrogens with zero attached hydrogens (tertiary/aromatic N) is 4. The summed E-state index contributed by atoms with van der Waals surface area (Å²) in [4.78, 5) is 34.4. The largest absolute Gasteiger partial charge is 0.345 e. The van der Waals surface area contributed by atoms with Crippen LogP contribution in [0.15, 0.2) is 67.1 Å². The van der Waals surface area contributed by atoms with Crippen molar-refractivity contribution >= 4 is 11.8 Å². The van der Waals surface area contributed by atoms with E-state index in [9.17, 15) is 9.59 Å². The van der Waals surface area contributed by atoms with Gasteiger partial charge < -0.3 is 14.4 Å². The second-order valence-corrected chi connectivity index (χ2v) is 9.15. The summed E-state index contributed by atoms with van der Waals surface area (Å²) in [5.41, 5.74) is 4.11. The fraction of sp³-hybridized carbons (Fsp3) is 0.414. The molecule has 0 saturated heterocycles. The van der Waals surface area contributed by atoms with Gasteiger partial charge in [0.2, 0.25) is 5.91 Å². The van der Waals surface area contributed by atoms with Crippen molar-refractivity contribution in [3.8, 4) is 0 Å². The summed E-state index contributed by atoms with van der Waals surface area (Å²) >= 11 is 0. The van der Waals surface area contributed by atoms with Crippen LogP contribution in [0.2, 0.25) is 0 Å². The molecule has 0 radical (unpaired) electrons. The van der Waals surface area contributed by atoms with Crippen LogP contribution in [-0.2, 0) is 17.9 Å². The van der Waals surface area contributed by atoms with Gasteiger partial charge in [-0.25, -0.2) is 0 Å². The van der Waals surface area contributed by atoms with Crippen molar-refractivity contribution in [2.75, 3.05) is 13.1 Å². The van der Waals surface area contributed by atoms with Crippen molar-refractivity contribution < 1.29 is 9.59 Å². The molecule has 1 atom stereocenters. The molecule has 0 N–H and O–H groups in total. The standard InChI is InChI=1S/C29H38N4O2/c1-5-7-17-32(29(35)25-14-10-16-30-19-25)22-28(34)33(24(4)6-2)21-27-15-11-18-31(27)20-26-13-9-8-12-23(26)3/h8-16,18-19,24H,5-7,17,20-22H2,1-4H3. The number of aryl methyl sites for hydroxylation is 1. The molecule has 0 bridgehead atoms. The summed E-state index contributed by atoms with van der Waals surface area (Å²) in [6.07, 6.45) is 7.93. The Bertz CT molecular complexity index is 1090. The van der Waals surface area contributed by atoms with Crippen LogP contribution in [0.25, 0.3) is 0 Å². The van der Waals surface area contributed by atoms with Crippen LogP contribution >= 0.6 is 0 Å². The van der Waals surface area contributed by atoms with Gasteiger partial charge in [0.15, 0.2) is 0 Å². The van der Waals surface area contributed by atoms with Gasteiger partial charge in [0.25, 0.3) is 5.91 Å². The van der Waals surface area contributed by atoms with Gasteiger partial charge in [0.05, 0.1) is 12.1 Å². The van der Waals surface area contributed by atoms with Crippen LogP contribution in [0.3, 0.4) is 0 Å². The van der Waals surface area contributed by atoms with Gasteiger partial charge in [-0.3, -0.25) is 14.6 Å². The Morgan fingerprint density at radius 2 is 1.86 bits per heavy atom. The summed E-state index contributed by atoms with van der Waals surface area (Å²) in [5.74, 6) is -0.178. The molecule has 3 rings (SSSR count). The van der Waals surface area contributed by atoms with Gasteiger partial charge in [-0.2, -0.15) is 0 Å². The zero-order valence-electron chi connectivity index (χ0n) is 21.5. The molecule has 1 aromatic carbocycles. The van der Waals surface area contributed by atoms with E-state index in [0.29, 0.717) is 18.7 Å². The maximum absolute atomic E-state index is 13.6. The Kier molecular flexibility index (Phi) is 9.65. The van der Waals surface area contributed by atoms with Crippen LogP contribution in [0.1, 0.15) is 67.2 Å². The number of pyridine rings is 1. The molecule has 6 nitrogen and oxygen atoms in total. The Morgan fingerprint density at radius 3 is 2.54 bits per heavy atom. The summed E-state index contributed by atoms with van der Waals surface area (Å²) < 4.78 is 2.21. The highest BCUT2D eigenvalue weighted by Crippen LogP contribution is 2.17. The van der Waals surface area contributed by atoms with Gasteiger partial charge in [0, 0.05) is 43.4 Å². The molecule has 0 saturated carbocycles. The second-order valence-electron chi connectivity index (χ2n) is 9.15. The van der Waals surface area contributed by atoms with Crippen LogP contribution in [-0.4, -0.2) is 50.3 Å². The van der Waals surface area contributed by atoms with Crippen molar-refractivity contribution in [3.63, 3.8) is 0 Å². The van der Waals surface area contributed by atoms with Crippen LogP contribution in [0.5, 0.6) is 0 Å². The second kappa shape index (κ2) is 12.9. The first-order chi connectivity index (χ1) is 16.9. The van der Waals surface area contributed by atoms with Crippen LogP contribution in [0, 0.1) is 6.92 Å². The van der Waals surface area contributed by atoms with E-state index in [-0.39, 0.29) is 24.4 Å². The van der Waals surface area contributed by atoms with Crippen molar-refractivity contribution in [1.29, 1.82) is 0 Å². The molecule has 2 aromatic heterocycles. The Hall–Kier alpha value is -3.41. The van der Waals surface area contributed by atoms with E-state index in [1.807, 2.05) is 11.0 Å². The highest BCUT2D eigenvalue weighted by molar-refractivity contribution is 5.96. The fourth-order valence-electron chi connectivity index (χ4n) is 4.13. The number of aromatic nitrogens is 2. The third-order valence-electron chi connectivity index (χ3n) is 6.60. The average Bonchev–Trinajstić information content (AvgIpc) is 3.32. The first-order valence-electron chi connectivity index (χ1n) is 12.6. The molecule has 1 unspecified atom stereocenters. The SMILES string of the molecule is CCCCN(CC(=O)N(Cc1cccn1Cc1ccccc1C)C(C)CC)C(=O)c1cccnc1. The van der Waals surface area contributed by atoms with Gasteiger partial charge in [-0.15, -0.1) is 0 Å². The van der Waals surface area contributed by atoms with E-state index in [2.05, 4.69) is 73.8 Å². The van der Waals surface area contributed by atoms with Crippen LogP contribution in [0.4, 0.5) is 0 Å². The molecule has 0 aliphatic rings. The minimum Gasteiger partial charge on any atom is -0.345 e. The monoisotopic (exact) mass is 474 g/mol. The average molecular weight is 475 g/mol. The highest BCUT2D eigenvalue weighted by Gasteiger charge is 2.25. The number of unbranched alkanes of at least 4 members (excludes halogenated alkanes) is 1. The molecule has 0 aliphatic heterocycles.